The number of piperazine rings is 1. The molecule has 1 amide bonds. The van der Waals surface area contributed by atoms with Crippen LogP contribution in [0.25, 0.3) is 11.3 Å². The number of carbonyl (C=O) groups is 2. The van der Waals surface area contributed by atoms with Gasteiger partial charge in [-0.25, -0.2) is 4.39 Å². The molecular weight excluding hydrogens is 419 g/mol. The van der Waals surface area contributed by atoms with Crippen LogP contribution in [-0.4, -0.2) is 47.7 Å². The van der Waals surface area contributed by atoms with Crippen molar-refractivity contribution >= 4 is 23.3 Å². The number of halogens is 2. The number of rotatable bonds is 5. The van der Waals surface area contributed by atoms with Gasteiger partial charge in [-0.05, 0) is 31.2 Å². The molecule has 2 heterocycles. The number of Topliss-reactive ketones (excluding diaryl/α,β-unsaturated/α-hetero) is 1. The standard InChI is InChI=1S/C24H22ClFN2O3/c1-16(29)17-5-7-18(8-6-17)22-9-10-23(31-22)24(30)28-13-11-27(12-14-28)15-19-20(25)3-2-4-21(19)26/h2-10H,11-15H2,1H3. The van der Waals surface area contributed by atoms with Crippen LogP contribution in [0.3, 0.4) is 0 Å². The van der Waals surface area contributed by atoms with E-state index in [2.05, 4.69) is 4.90 Å². The van der Waals surface area contributed by atoms with E-state index < -0.39 is 0 Å². The predicted molar refractivity (Wildman–Crippen MR) is 117 cm³/mol. The number of ketones is 1. The molecule has 1 saturated heterocycles. The van der Waals surface area contributed by atoms with Crippen LogP contribution in [0.1, 0.15) is 33.4 Å². The first-order chi connectivity index (χ1) is 14.9. The van der Waals surface area contributed by atoms with Crippen LogP contribution >= 0.6 is 11.6 Å². The Bertz CT molecular complexity index is 1080. The van der Waals surface area contributed by atoms with Gasteiger partial charge in [0.05, 0.1) is 0 Å². The zero-order valence-electron chi connectivity index (χ0n) is 17.1. The third kappa shape index (κ3) is 4.70. The number of hydrogen-bond donors (Lipinski definition) is 0. The molecule has 2 aromatic carbocycles. The molecule has 0 unspecified atom stereocenters. The summed E-state index contributed by atoms with van der Waals surface area (Å²) in [6, 6.07) is 15.2. The van der Waals surface area contributed by atoms with Crippen molar-refractivity contribution in [2.45, 2.75) is 13.5 Å². The van der Waals surface area contributed by atoms with E-state index in [4.69, 9.17) is 16.0 Å². The van der Waals surface area contributed by atoms with Crippen molar-refractivity contribution in [1.29, 1.82) is 0 Å². The Morgan fingerprint density at radius 2 is 1.71 bits per heavy atom. The molecule has 1 aliphatic rings. The van der Waals surface area contributed by atoms with Gasteiger partial charge < -0.3 is 9.32 Å². The fourth-order valence-electron chi connectivity index (χ4n) is 3.65. The molecule has 0 spiro atoms. The molecule has 1 aliphatic heterocycles. The van der Waals surface area contributed by atoms with Crippen molar-refractivity contribution in [3.8, 4) is 11.3 Å². The summed E-state index contributed by atoms with van der Waals surface area (Å²) in [5.74, 6) is 0.362. The van der Waals surface area contributed by atoms with E-state index in [1.165, 1.54) is 13.0 Å². The van der Waals surface area contributed by atoms with Crippen LogP contribution in [0, 0.1) is 5.82 Å². The second-order valence-corrected chi connectivity index (χ2v) is 7.97. The van der Waals surface area contributed by atoms with Gasteiger partial charge in [0, 0.05) is 54.4 Å². The maximum absolute atomic E-state index is 14.0. The van der Waals surface area contributed by atoms with E-state index in [-0.39, 0.29) is 23.3 Å². The summed E-state index contributed by atoms with van der Waals surface area (Å²) in [7, 11) is 0. The van der Waals surface area contributed by atoms with Crippen LogP contribution < -0.4 is 0 Å². The van der Waals surface area contributed by atoms with Crippen LogP contribution in [0.4, 0.5) is 4.39 Å². The number of amides is 1. The molecule has 0 N–H and O–H groups in total. The number of hydrogen-bond acceptors (Lipinski definition) is 4. The van der Waals surface area contributed by atoms with Gasteiger partial charge in [-0.3, -0.25) is 14.5 Å². The Hall–Kier alpha value is -2.96. The fourth-order valence-corrected chi connectivity index (χ4v) is 3.87. The Balaban J connectivity index is 1.37. The molecule has 7 heteroatoms. The minimum absolute atomic E-state index is 0.00159. The maximum Gasteiger partial charge on any atom is 0.289 e. The molecule has 160 valence electrons. The first-order valence-corrected chi connectivity index (χ1v) is 10.5. The third-order valence-corrected chi connectivity index (χ3v) is 5.85. The average Bonchev–Trinajstić information content (AvgIpc) is 3.27. The second-order valence-electron chi connectivity index (χ2n) is 7.57. The molecule has 0 bridgehead atoms. The Morgan fingerprint density at radius 3 is 2.35 bits per heavy atom. The van der Waals surface area contributed by atoms with E-state index >= 15 is 0 Å². The van der Waals surface area contributed by atoms with E-state index in [0.717, 1.165) is 5.56 Å². The van der Waals surface area contributed by atoms with E-state index in [1.807, 2.05) is 0 Å². The lowest BCUT2D eigenvalue weighted by Crippen LogP contribution is -2.48. The first-order valence-electron chi connectivity index (χ1n) is 10.1. The highest BCUT2D eigenvalue weighted by Gasteiger charge is 2.25. The predicted octanol–water partition coefficient (Wildman–Crippen LogP) is 4.90. The smallest absolute Gasteiger partial charge is 0.289 e. The lowest BCUT2D eigenvalue weighted by Gasteiger charge is -2.34. The fraction of sp³-hybridized carbons (Fsp3) is 0.250. The summed E-state index contributed by atoms with van der Waals surface area (Å²) < 4.78 is 19.8. The van der Waals surface area contributed by atoms with Crippen molar-refractivity contribution in [2.24, 2.45) is 0 Å². The van der Waals surface area contributed by atoms with Crippen molar-refractivity contribution in [3.05, 3.63) is 82.3 Å². The van der Waals surface area contributed by atoms with Gasteiger partial charge in [0.2, 0.25) is 0 Å². The van der Waals surface area contributed by atoms with E-state index in [9.17, 15) is 14.0 Å². The number of furan rings is 1. The van der Waals surface area contributed by atoms with Gasteiger partial charge in [-0.15, -0.1) is 0 Å². The molecular formula is C24H22ClFN2O3. The Kier molecular flexibility index (Phi) is 6.20. The van der Waals surface area contributed by atoms with Crippen molar-refractivity contribution < 1.29 is 18.4 Å². The SMILES string of the molecule is CC(=O)c1ccc(-c2ccc(C(=O)N3CCN(Cc4c(F)cccc4Cl)CC3)o2)cc1. The normalized spacial score (nSPS) is 14.6. The van der Waals surface area contributed by atoms with E-state index in [0.29, 0.717) is 54.6 Å². The summed E-state index contributed by atoms with van der Waals surface area (Å²) in [5.41, 5.74) is 1.91. The molecule has 0 saturated carbocycles. The van der Waals surface area contributed by atoms with Gasteiger partial charge in [0.15, 0.2) is 11.5 Å². The van der Waals surface area contributed by atoms with Crippen LogP contribution in [0.15, 0.2) is 59.0 Å². The van der Waals surface area contributed by atoms with Gasteiger partial charge >= 0.3 is 0 Å². The largest absolute Gasteiger partial charge is 0.451 e. The number of carbonyl (C=O) groups excluding carboxylic acids is 2. The number of nitrogens with zero attached hydrogens (tertiary/aromatic N) is 2. The zero-order valence-corrected chi connectivity index (χ0v) is 17.9. The van der Waals surface area contributed by atoms with Gasteiger partial charge in [-0.1, -0.05) is 41.9 Å². The molecule has 3 aromatic rings. The second kappa shape index (κ2) is 9.04. The van der Waals surface area contributed by atoms with Crippen molar-refractivity contribution in [3.63, 3.8) is 0 Å². The quantitative estimate of drug-likeness (QED) is 0.529. The lowest BCUT2D eigenvalue weighted by molar-refractivity contribution is 0.0597. The summed E-state index contributed by atoms with van der Waals surface area (Å²) in [5, 5.41) is 0.415. The first kappa shape index (κ1) is 21.3. The van der Waals surface area contributed by atoms with Crippen molar-refractivity contribution in [1.82, 2.24) is 9.80 Å². The molecule has 1 aromatic heterocycles. The molecule has 1 fully saturated rings. The zero-order chi connectivity index (χ0) is 22.0. The van der Waals surface area contributed by atoms with Crippen LogP contribution in [-0.2, 0) is 6.54 Å². The lowest BCUT2D eigenvalue weighted by atomic mass is 10.1. The molecule has 0 radical (unpaired) electrons. The minimum atomic E-state index is -0.314. The third-order valence-electron chi connectivity index (χ3n) is 5.50. The minimum Gasteiger partial charge on any atom is -0.451 e. The van der Waals surface area contributed by atoms with Gasteiger partial charge in [0.25, 0.3) is 5.91 Å². The monoisotopic (exact) mass is 440 g/mol. The van der Waals surface area contributed by atoms with Crippen LogP contribution in [0.2, 0.25) is 5.02 Å². The molecule has 5 nitrogen and oxygen atoms in total. The highest BCUT2D eigenvalue weighted by Crippen LogP contribution is 2.25. The van der Waals surface area contributed by atoms with Crippen LogP contribution in [0.5, 0.6) is 0 Å². The van der Waals surface area contributed by atoms with Gasteiger partial charge in [-0.2, -0.15) is 0 Å². The summed E-state index contributed by atoms with van der Waals surface area (Å²) >= 11 is 6.12. The number of benzene rings is 2. The Morgan fingerprint density at radius 1 is 1.00 bits per heavy atom. The summed E-state index contributed by atoms with van der Waals surface area (Å²) in [4.78, 5) is 28.1. The molecule has 31 heavy (non-hydrogen) atoms. The molecule has 0 atom stereocenters. The van der Waals surface area contributed by atoms with E-state index in [1.54, 1.807) is 53.4 Å². The summed E-state index contributed by atoms with van der Waals surface area (Å²) in [6.45, 7) is 4.22. The Labute approximate surface area is 185 Å². The molecule has 0 aliphatic carbocycles. The van der Waals surface area contributed by atoms with Gasteiger partial charge in [0.1, 0.15) is 11.6 Å². The maximum atomic E-state index is 14.0. The molecule has 4 rings (SSSR count). The topological polar surface area (TPSA) is 53.8 Å². The average molecular weight is 441 g/mol. The summed E-state index contributed by atoms with van der Waals surface area (Å²) in [6.07, 6.45) is 0. The highest BCUT2D eigenvalue weighted by atomic mass is 35.5. The van der Waals surface area contributed by atoms with Crippen molar-refractivity contribution in [2.75, 3.05) is 26.2 Å². The highest BCUT2D eigenvalue weighted by molar-refractivity contribution is 6.31.